The zero-order chi connectivity index (χ0) is 12.5. The first-order valence-electron chi connectivity index (χ1n) is 4.31. The highest BCUT2D eigenvalue weighted by atomic mass is 32.2. The largest absolute Gasteiger partial charge is 0.508 e. The molecule has 0 aliphatic carbocycles. The number of aromatic hydroxyl groups is 1. The Bertz CT molecular complexity index is 522. The Morgan fingerprint density at radius 2 is 1.94 bits per heavy atom. The first-order valence-corrected chi connectivity index (χ1v) is 5.85. The van der Waals surface area contributed by atoms with Crippen LogP contribution in [0.15, 0.2) is 23.1 Å². The molecule has 0 fully saturated rings. The molecule has 0 aromatic heterocycles. The number of nitrogens with zero attached hydrogens (tertiary/aromatic N) is 1. The molecule has 3 N–H and O–H groups in total. The van der Waals surface area contributed by atoms with E-state index in [1.165, 1.54) is 19.0 Å². The van der Waals surface area contributed by atoms with Crippen molar-refractivity contribution in [3.63, 3.8) is 0 Å². The van der Waals surface area contributed by atoms with Crippen LogP contribution in [0, 0.1) is 0 Å². The van der Waals surface area contributed by atoms with Crippen molar-refractivity contribution in [2.24, 2.45) is 5.14 Å². The fourth-order valence-electron chi connectivity index (χ4n) is 1.17. The summed E-state index contributed by atoms with van der Waals surface area (Å²) in [6, 6.07) is 3.33. The zero-order valence-electron chi connectivity index (χ0n) is 8.84. The summed E-state index contributed by atoms with van der Waals surface area (Å²) in [6.45, 7) is 0. The monoisotopic (exact) mass is 244 g/mol. The standard InChI is InChI=1S/C9H12N2O4S/c1-11(2)9(13)7-5-6(12)3-4-8(7)16(10,14)15/h3-5,12H,1-2H3,(H2,10,14,15). The van der Waals surface area contributed by atoms with Crippen molar-refractivity contribution in [1.82, 2.24) is 4.90 Å². The van der Waals surface area contributed by atoms with E-state index in [1.807, 2.05) is 0 Å². The van der Waals surface area contributed by atoms with Crippen LogP contribution < -0.4 is 5.14 Å². The minimum absolute atomic E-state index is 0.146. The fourth-order valence-corrected chi connectivity index (χ4v) is 1.88. The molecule has 1 aromatic carbocycles. The van der Waals surface area contributed by atoms with Crippen LogP contribution in [-0.4, -0.2) is 38.4 Å². The predicted molar refractivity (Wildman–Crippen MR) is 57.5 cm³/mol. The molecular weight excluding hydrogens is 232 g/mol. The van der Waals surface area contributed by atoms with Crippen LogP contribution in [0.4, 0.5) is 0 Å². The van der Waals surface area contributed by atoms with Gasteiger partial charge in [0.15, 0.2) is 0 Å². The van der Waals surface area contributed by atoms with Crippen LogP contribution in [0.3, 0.4) is 0 Å². The van der Waals surface area contributed by atoms with Gasteiger partial charge in [-0.3, -0.25) is 4.79 Å². The highest BCUT2D eigenvalue weighted by Crippen LogP contribution is 2.20. The number of benzene rings is 1. The minimum atomic E-state index is -3.99. The van der Waals surface area contributed by atoms with Crippen molar-refractivity contribution < 1.29 is 18.3 Å². The molecule has 1 amide bonds. The van der Waals surface area contributed by atoms with E-state index >= 15 is 0 Å². The van der Waals surface area contributed by atoms with Crippen LogP contribution in [0.25, 0.3) is 0 Å². The molecule has 88 valence electrons. The number of hydrogen-bond acceptors (Lipinski definition) is 4. The molecule has 1 rings (SSSR count). The summed E-state index contributed by atoms with van der Waals surface area (Å²) in [5.74, 6) is -0.738. The van der Waals surface area contributed by atoms with Crippen molar-refractivity contribution in [2.45, 2.75) is 4.90 Å². The van der Waals surface area contributed by atoms with Gasteiger partial charge in [0.2, 0.25) is 10.0 Å². The Kier molecular flexibility index (Phi) is 3.20. The lowest BCUT2D eigenvalue weighted by Crippen LogP contribution is -2.25. The van der Waals surface area contributed by atoms with Gasteiger partial charge in [-0.2, -0.15) is 0 Å². The second-order valence-corrected chi connectivity index (χ2v) is 4.95. The molecule has 0 atom stereocenters. The number of phenols is 1. The van der Waals surface area contributed by atoms with Crippen LogP contribution in [-0.2, 0) is 10.0 Å². The third-order valence-corrected chi connectivity index (χ3v) is 2.88. The summed E-state index contributed by atoms with van der Waals surface area (Å²) in [5, 5.41) is 14.2. The summed E-state index contributed by atoms with van der Waals surface area (Å²) in [7, 11) is -1.04. The lowest BCUT2D eigenvalue weighted by molar-refractivity contribution is 0.0823. The van der Waals surface area contributed by atoms with Crippen molar-refractivity contribution in [3.8, 4) is 5.75 Å². The lowest BCUT2D eigenvalue weighted by Gasteiger charge is -2.13. The quantitative estimate of drug-likeness (QED) is 0.748. The van der Waals surface area contributed by atoms with Gasteiger partial charge in [-0.1, -0.05) is 0 Å². The van der Waals surface area contributed by atoms with Gasteiger partial charge in [0.1, 0.15) is 5.75 Å². The molecule has 0 bridgehead atoms. The minimum Gasteiger partial charge on any atom is -0.508 e. The Morgan fingerprint density at radius 3 is 2.38 bits per heavy atom. The van der Waals surface area contributed by atoms with E-state index in [-0.39, 0.29) is 16.2 Å². The summed E-state index contributed by atoms with van der Waals surface area (Å²) in [5.41, 5.74) is -0.146. The maximum Gasteiger partial charge on any atom is 0.254 e. The molecule has 0 spiro atoms. The molecule has 0 aliphatic rings. The van der Waals surface area contributed by atoms with E-state index in [2.05, 4.69) is 0 Å². The smallest absolute Gasteiger partial charge is 0.254 e. The average molecular weight is 244 g/mol. The number of carbonyl (C=O) groups is 1. The van der Waals surface area contributed by atoms with E-state index < -0.39 is 15.9 Å². The van der Waals surface area contributed by atoms with Crippen molar-refractivity contribution >= 4 is 15.9 Å². The van der Waals surface area contributed by atoms with Gasteiger partial charge in [-0.25, -0.2) is 13.6 Å². The highest BCUT2D eigenvalue weighted by molar-refractivity contribution is 7.89. The van der Waals surface area contributed by atoms with Gasteiger partial charge in [0.25, 0.3) is 5.91 Å². The maximum absolute atomic E-state index is 11.7. The molecule has 0 heterocycles. The molecule has 0 saturated heterocycles. The van der Waals surface area contributed by atoms with Gasteiger partial charge in [-0.05, 0) is 18.2 Å². The van der Waals surface area contributed by atoms with Gasteiger partial charge in [0.05, 0.1) is 10.5 Å². The lowest BCUT2D eigenvalue weighted by atomic mass is 10.2. The summed E-state index contributed by atoms with van der Waals surface area (Å²) >= 11 is 0. The number of phenolic OH excluding ortho intramolecular Hbond substituents is 1. The topological polar surface area (TPSA) is 101 Å². The molecular formula is C9H12N2O4S. The molecule has 0 aliphatic heterocycles. The second-order valence-electron chi connectivity index (χ2n) is 3.43. The molecule has 0 unspecified atom stereocenters. The highest BCUT2D eigenvalue weighted by Gasteiger charge is 2.20. The molecule has 0 saturated carbocycles. The van der Waals surface area contributed by atoms with Gasteiger partial charge < -0.3 is 10.0 Å². The second kappa shape index (κ2) is 4.11. The van der Waals surface area contributed by atoms with Gasteiger partial charge >= 0.3 is 0 Å². The normalized spacial score (nSPS) is 11.2. The molecule has 7 heteroatoms. The van der Waals surface area contributed by atoms with Crippen molar-refractivity contribution in [2.75, 3.05) is 14.1 Å². The third-order valence-electron chi connectivity index (χ3n) is 1.91. The van der Waals surface area contributed by atoms with Crippen molar-refractivity contribution in [3.05, 3.63) is 23.8 Å². The zero-order valence-corrected chi connectivity index (χ0v) is 9.65. The Hall–Kier alpha value is -1.60. The molecule has 0 radical (unpaired) electrons. The number of nitrogens with two attached hydrogens (primary N) is 1. The number of primary sulfonamides is 1. The first-order chi connectivity index (χ1) is 7.23. The Morgan fingerprint density at radius 1 is 1.38 bits per heavy atom. The number of hydrogen-bond donors (Lipinski definition) is 2. The van der Waals surface area contributed by atoms with E-state index in [0.717, 1.165) is 18.2 Å². The Labute approximate surface area is 93.3 Å². The maximum atomic E-state index is 11.7. The van der Waals surface area contributed by atoms with E-state index in [9.17, 15) is 18.3 Å². The van der Waals surface area contributed by atoms with Crippen LogP contribution in [0.5, 0.6) is 5.75 Å². The van der Waals surface area contributed by atoms with E-state index in [1.54, 1.807) is 0 Å². The Balaban J connectivity index is 3.47. The SMILES string of the molecule is CN(C)C(=O)c1cc(O)ccc1S(N)(=O)=O. The summed E-state index contributed by atoms with van der Waals surface area (Å²) in [4.78, 5) is 12.6. The number of carbonyl (C=O) groups excluding carboxylic acids is 1. The molecule has 6 nitrogen and oxygen atoms in total. The van der Waals surface area contributed by atoms with Gasteiger partial charge in [-0.15, -0.1) is 0 Å². The summed E-state index contributed by atoms with van der Waals surface area (Å²) in [6.07, 6.45) is 0. The molecule has 1 aromatic rings. The fraction of sp³-hybridized carbons (Fsp3) is 0.222. The third kappa shape index (κ3) is 2.50. The number of rotatable bonds is 2. The molecule has 16 heavy (non-hydrogen) atoms. The predicted octanol–water partition coefficient (Wildman–Crippen LogP) is -0.259. The average Bonchev–Trinajstić information content (AvgIpc) is 2.14. The first kappa shape index (κ1) is 12.5. The van der Waals surface area contributed by atoms with Crippen LogP contribution in [0.1, 0.15) is 10.4 Å². The van der Waals surface area contributed by atoms with E-state index in [0.29, 0.717) is 0 Å². The summed E-state index contributed by atoms with van der Waals surface area (Å²) < 4.78 is 22.4. The van der Waals surface area contributed by atoms with Crippen LogP contribution >= 0.6 is 0 Å². The van der Waals surface area contributed by atoms with Crippen molar-refractivity contribution in [1.29, 1.82) is 0 Å². The van der Waals surface area contributed by atoms with Crippen LogP contribution in [0.2, 0.25) is 0 Å². The van der Waals surface area contributed by atoms with Gasteiger partial charge in [0, 0.05) is 14.1 Å². The van der Waals surface area contributed by atoms with E-state index in [4.69, 9.17) is 5.14 Å². The number of amides is 1. The number of sulfonamides is 1.